The average molecular weight is 400 g/mol. The lowest BCUT2D eigenvalue weighted by Gasteiger charge is -2.21. The molecule has 0 bridgehead atoms. The lowest BCUT2D eigenvalue weighted by Crippen LogP contribution is -2.19. The summed E-state index contributed by atoms with van der Waals surface area (Å²) in [6.45, 7) is 4.57. The second-order valence-corrected chi connectivity index (χ2v) is 8.82. The zero-order valence-electron chi connectivity index (χ0n) is 19.4. The molecule has 0 saturated carbocycles. The summed E-state index contributed by atoms with van der Waals surface area (Å²) in [7, 11) is 2.17. The Kier molecular flexibility index (Phi) is 11.9. The number of ether oxygens (including phenoxy) is 1. The van der Waals surface area contributed by atoms with E-state index in [4.69, 9.17) is 4.74 Å². The Bertz CT molecular complexity index is 580. The van der Waals surface area contributed by atoms with Gasteiger partial charge in [0.2, 0.25) is 0 Å². The minimum atomic E-state index is 0.243. The standard InChI is InChI=1S/C27H45NO/c1-4-6-8-10-12-14-16-21-26-24(19-15-13-11-9-7-5-2)23-28(3)25-20-17-18-22-27(25)29-26/h17-18,20,22-23,26H,4-16,19,21H2,1-3H3. The minimum Gasteiger partial charge on any atom is -0.484 e. The van der Waals surface area contributed by atoms with Gasteiger partial charge in [0.15, 0.2) is 0 Å². The van der Waals surface area contributed by atoms with E-state index in [1.54, 1.807) is 0 Å². The summed E-state index contributed by atoms with van der Waals surface area (Å²) in [4.78, 5) is 2.27. The fraction of sp³-hybridized carbons (Fsp3) is 0.704. The molecule has 164 valence electrons. The van der Waals surface area contributed by atoms with E-state index in [0.29, 0.717) is 0 Å². The second-order valence-electron chi connectivity index (χ2n) is 8.82. The van der Waals surface area contributed by atoms with Gasteiger partial charge in [0.1, 0.15) is 11.9 Å². The Morgan fingerprint density at radius 1 is 0.759 bits per heavy atom. The zero-order chi connectivity index (χ0) is 20.7. The monoisotopic (exact) mass is 399 g/mol. The summed E-state index contributed by atoms with van der Waals surface area (Å²) in [6, 6.07) is 8.50. The van der Waals surface area contributed by atoms with Gasteiger partial charge in [-0.15, -0.1) is 0 Å². The molecule has 1 unspecified atom stereocenters. The number of nitrogens with zero attached hydrogens (tertiary/aromatic N) is 1. The van der Waals surface area contributed by atoms with E-state index >= 15 is 0 Å². The van der Waals surface area contributed by atoms with Gasteiger partial charge in [-0.25, -0.2) is 0 Å². The first-order valence-corrected chi connectivity index (χ1v) is 12.4. The average Bonchev–Trinajstić information content (AvgIpc) is 2.86. The Morgan fingerprint density at radius 2 is 1.34 bits per heavy atom. The van der Waals surface area contributed by atoms with Crippen molar-refractivity contribution in [2.24, 2.45) is 0 Å². The van der Waals surface area contributed by atoms with Crippen molar-refractivity contribution in [3.8, 4) is 5.75 Å². The van der Waals surface area contributed by atoms with E-state index in [9.17, 15) is 0 Å². The van der Waals surface area contributed by atoms with Crippen LogP contribution in [0.15, 0.2) is 36.0 Å². The van der Waals surface area contributed by atoms with E-state index in [1.165, 1.54) is 101 Å². The van der Waals surface area contributed by atoms with Gasteiger partial charge in [-0.2, -0.15) is 0 Å². The maximum atomic E-state index is 6.57. The van der Waals surface area contributed by atoms with Crippen molar-refractivity contribution in [2.45, 2.75) is 116 Å². The topological polar surface area (TPSA) is 12.5 Å². The van der Waals surface area contributed by atoms with Gasteiger partial charge in [-0.3, -0.25) is 0 Å². The first-order chi connectivity index (χ1) is 14.3. The van der Waals surface area contributed by atoms with Gasteiger partial charge in [0.05, 0.1) is 5.69 Å². The van der Waals surface area contributed by atoms with E-state index in [2.05, 4.69) is 56.3 Å². The number of para-hydroxylation sites is 2. The van der Waals surface area contributed by atoms with Gasteiger partial charge in [-0.1, -0.05) is 96.6 Å². The summed E-state index contributed by atoms with van der Waals surface area (Å²) >= 11 is 0. The molecule has 0 aliphatic carbocycles. The lowest BCUT2D eigenvalue weighted by molar-refractivity contribution is 0.219. The Morgan fingerprint density at radius 3 is 2.03 bits per heavy atom. The summed E-state index contributed by atoms with van der Waals surface area (Å²) in [6.07, 6.45) is 22.5. The molecule has 1 atom stereocenters. The highest BCUT2D eigenvalue weighted by Crippen LogP contribution is 2.35. The molecule has 2 nitrogen and oxygen atoms in total. The molecule has 1 heterocycles. The van der Waals surface area contributed by atoms with E-state index < -0.39 is 0 Å². The molecule has 0 N–H and O–H groups in total. The number of hydrogen-bond acceptors (Lipinski definition) is 2. The summed E-state index contributed by atoms with van der Waals surface area (Å²) in [5, 5.41) is 0. The van der Waals surface area contributed by atoms with Gasteiger partial charge in [-0.05, 0) is 43.4 Å². The largest absolute Gasteiger partial charge is 0.484 e. The molecule has 0 amide bonds. The molecule has 2 heteroatoms. The molecule has 1 aliphatic heterocycles. The van der Waals surface area contributed by atoms with Crippen LogP contribution in [0.1, 0.15) is 110 Å². The molecular formula is C27H45NO. The summed E-state index contributed by atoms with van der Waals surface area (Å²) in [5.41, 5.74) is 2.68. The molecule has 0 aromatic heterocycles. The van der Waals surface area contributed by atoms with Crippen LogP contribution >= 0.6 is 0 Å². The smallest absolute Gasteiger partial charge is 0.143 e. The van der Waals surface area contributed by atoms with Crippen LogP contribution in [0.4, 0.5) is 5.69 Å². The van der Waals surface area contributed by atoms with Crippen LogP contribution in [0, 0.1) is 0 Å². The van der Waals surface area contributed by atoms with Crippen molar-refractivity contribution in [1.82, 2.24) is 0 Å². The third-order valence-corrected chi connectivity index (χ3v) is 6.18. The van der Waals surface area contributed by atoms with Crippen molar-refractivity contribution >= 4 is 5.69 Å². The van der Waals surface area contributed by atoms with E-state index in [1.807, 2.05) is 0 Å². The fourth-order valence-electron chi connectivity index (χ4n) is 4.34. The lowest BCUT2D eigenvalue weighted by atomic mass is 9.97. The van der Waals surface area contributed by atoms with Gasteiger partial charge < -0.3 is 9.64 Å². The van der Waals surface area contributed by atoms with E-state index in [-0.39, 0.29) is 6.10 Å². The fourth-order valence-corrected chi connectivity index (χ4v) is 4.34. The molecule has 0 radical (unpaired) electrons. The highest BCUT2D eigenvalue weighted by atomic mass is 16.5. The highest BCUT2D eigenvalue weighted by Gasteiger charge is 2.22. The first-order valence-electron chi connectivity index (χ1n) is 12.4. The van der Waals surface area contributed by atoms with Gasteiger partial charge in [0.25, 0.3) is 0 Å². The van der Waals surface area contributed by atoms with Crippen LogP contribution in [0.2, 0.25) is 0 Å². The van der Waals surface area contributed by atoms with Crippen molar-refractivity contribution in [3.63, 3.8) is 0 Å². The summed E-state index contributed by atoms with van der Waals surface area (Å²) in [5.74, 6) is 1.04. The first kappa shape index (κ1) is 23.8. The Labute approximate surface area is 180 Å². The number of unbranched alkanes of at least 4 members (excludes halogenated alkanes) is 11. The number of fused-ring (bicyclic) bond motifs is 1. The van der Waals surface area contributed by atoms with Crippen LogP contribution in [-0.2, 0) is 0 Å². The van der Waals surface area contributed by atoms with Crippen LogP contribution in [0.25, 0.3) is 0 Å². The molecule has 0 saturated heterocycles. The van der Waals surface area contributed by atoms with Crippen LogP contribution in [0.5, 0.6) is 5.75 Å². The maximum absolute atomic E-state index is 6.57. The molecule has 1 aromatic carbocycles. The van der Waals surface area contributed by atoms with Crippen molar-refractivity contribution in [1.29, 1.82) is 0 Å². The van der Waals surface area contributed by atoms with Crippen LogP contribution in [0.3, 0.4) is 0 Å². The SMILES string of the molecule is CCCCCCCCCC1Oc2ccccc2N(C)C=C1CCCCCCCC. The molecule has 29 heavy (non-hydrogen) atoms. The maximum Gasteiger partial charge on any atom is 0.143 e. The molecule has 1 aliphatic rings. The summed E-state index contributed by atoms with van der Waals surface area (Å²) < 4.78 is 6.57. The number of rotatable bonds is 15. The highest BCUT2D eigenvalue weighted by molar-refractivity contribution is 5.61. The minimum absolute atomic E-state index is 0.243. The van der Waals surface area contributed by atoms with Crippen molar-refractivity contribution in [3.05, 3.63) is 36.0 Å². The van der Waals surface area contributed by atoms with Crippen LogP contribution in [-0.4, -0.2) is 13.2 Å². The second kappa shape index (κ2) is 14.5. The number of anilines is 1. The molecule has 0 spiro atoms. The molecule has 2 rings (SSSR count). The molecule has 0 fully saturated rings. The Hall–Kier alpha value is -1.44. The quantitative estimate of drug-likeness (QED) is 0.273. The van der Waals surface area contributed by atoms with Crippen molar-refractivity contribution in [2.75, 3.05) is 11.9 Å². The molecule has 1 aromatic rings. The van der Waals surface area contributed by atoms with Crippen LogP contribution < -0.4 is 9.64 Å². The predicted molar refractivity (Wildman–Crippen MR) is 128 cm³/mol. The Balaban J connectivity index is 1.89. The van der Waals surface area contributed by atoms with E-state index in [0.717, 1.165) is 12.2 Å². The number of benzene rings is 1. The zero-order valence-corrected chi connectivity index (χ0v) is 19.4. The third-order valence-electron chi connectivity index (χ3n) is 6.18. The van der Waals surface area contributed by atoms with Gasteiger partial charge in [0, 0.05) is 13.2 Å². The normalized spacial score (nSPS) is 16.2. The third kappa shape index (κ3) is 8.84. The number of hydrogen-bond donors (Lipinski definition) is 0. The predicted octanol–water partition coefficient (Wildman–Crippen LogP) is 8.66. The molecular weight excluding hydrogens is 354 g/mol. The van der Waals surface area contributed by atoms with Crippen molar-refractivity contribution < 1.29 is 4.74 Å². The van der Waals surface area contributed by atoms with Gasteiger partial charge >= 0.3 is 0 Å².